The van der Waals surface area contributed by atoms with E-state index in [0.717, 1.165) is 38.2 Å². The average molecular weight is 371 g/mol. The number of rotatable bonds is 4. The van der Waals surface area contributed by atoms with E-state index in [4.69, 9.17) is 0 Å². The number of benzene rings is 2. The maximum absolute atomic E-state index is 10.6. The highest BCUT2D eigenvalue weighted by Gasteiger charge is 2.26. The quantitative estimate of drug-likeness (QED) is 0.837. The van der Waals surface area contributed by atoms with Gasteiger partial charge in [-0.15, -0.1) is 24.8 Å². The van der Waals surface area contributed by atoms with Gasteiger partial charge in [0.1, 0.15) is 5.75 Å². The Balaban J connectivity index is 0.00000144. The minimum Gasteiger partial charge on any atom is -0.508 e. The van der Waals surface area contributed by atoms with Crippen molar-refractivity contribution in [2.45, 2.75) is 26.3 Å². The molecule has 1 saturated heterocycles. The van der Waals surface area contributed by atoms with E-state index in [-0.39, 0.29) is 30.9 Å². The predicted octanol–water partition coefficient (Wildman–Crippen LogP) is 4.38. The van der Waals surface area contributed by atoms with Crippen molar-refractivity contribution in [3.63, 3.8) is 0 Å². The molecule has 1 atom stereocenters. The zero-order valence-corrected chi connectivity index (χ0v) is 16.0. The molecule has 2 aromatic rings. The van der Waals surface area contributed by atoms with E-state index in [9.17, 15) is 5.11 Å². The maximum atomic E-state index is 10.6. The molecular weight excluding hydrogens is 343 g/mol. The molecule has 0 aromatic heterocycles. The molecule has 134 valence electrons. The molecule has 2 aromatic carbocycles. The summed E-state index contributed by atoms with van der Waals surface area (Å²) >= 11 is 0. The van der Waals surface area contributed by atoms with Gasteiger partial charge >= 0.3 is 0 Å². The van der Waals surface area contributed by atoms with Crippen molar-refractivity contribution in [2.75, 3.05) is 26.2 Å². The van der Waals surface area contributed by atoms with Crippen LogP contribution in [0.4, 0.5) is 0 Å². The molecule has 0 spiro atoms. The Morgan fingerprint density at radius 1 is 1.04 bits per heavy atom. The van der Waals surface area contributed by atoms with E-state index < -0.39 is 0 Å². The fraction of sp³-hybridized carbons (Fsp3) is 0.474. The van der Waals surface area contributed by atoms with E-state index in [1.54, 1.807) is 0 Å². The van der Waals surface area contributed by atoms with Crippen LogP contribution in [0.1, 0.15) is 31.9 Å². The van der Waals surface area contributed by atoms with Crippen molar-refractivity contribution in [1.29, 1.82) is 0 Å². The second-order valence-electron chi connectivity index (χ2n) is 6.65. The molecule has 1 heterocycles. The van der Waals surface area contributed by atoms with Gasteiger partial charge in [0.2, 0.25) is 0 Å². The molecule has 1 aliphatic heterocycles. The lowest BCUT2D eigenvalue weighted by atomic mass is 9.90. The lowest BCUT2D eigenvalue weighted by Gasteiger charge is -2.37. The fourth-order valence-electron chi connectivity index (χ4n) is 3.52. The van der Waals surface area contributed by atoms with E-state index in [1.807, 2.05) is 12.1 Å². The standard InChI is InChI=1S/C19H26N2O.2ClH/c1-14(2)13-17(21-11-9-20-10-12-21)19-16-6-4-3-5-15(16)7-8-18(19)22;;/h3-8,14,17,20,22H,9-13H2,1-2H3;2*1H/t17-;;/m1../s1. The van der Waals surface area contributed by atoms with E-state index >= 15 is 0 Å². The normalized spacial score (nSPS) is 16.5. The highest BCUT2D eigenvalue weighted by molar-refractivity contribution is 5.88. The Morgan fingerprint density at radius 2 is 1.71 bits per heavy atom. The molecule has 0 amide bonds. The number of fused-ring (bicyclic) bond motifs is 1. The highest BCUT2D eigenvalue weighted by Crippen LogP contribution is 2.38. The topological polar surface area (TPSA) is 35.5 Å². The fourth-order valence-corrected chi connectivity index (χ4v) is 3.52. The van der Waals surface area contributed by atoms with Crippen molar-refractivity contribution in [2.24, 2.45) is 5.92 Å². The first-order valence-corrected chi connectivity index (χ1v) is 8.32. The maximum Gasteiger partial charge on any atom is 0.121 e. The minimum absolute atomic E-state index is 0. The molecule has 0 aliphatic carbocycles. The van der Waals surface area contributed by atoms with E-state index in [0.29, 0.717) is 11.7 Å². The van der Waals surface area contributed by atoms with Crippen molar-refractivity contribution in [1.82, 2.24) is 10.2 Å². The summed E-state index contributed by atoms with van der Waals surface area (Å²) in [6.07, 6.45) is 1.07. The molecular formula is C19H28Cl2N2O. The Hall–Kier alpha value is -1.00. The van der Waals surface area contributed by atoms with Gasteiger partial charge in [-0.2, -0.15) is 0 Å². The summed E-state index contributed by atoms with van der Waals surface area (Å²) in [4.78, 5) is 2.53. The molecule has 1 aliphatic rings. The third-order valence-electron chi connectivity index (χ3n) is 4.57. The van der Waals surface area contributed by atoms with Gasteiger partial charge < -0.3 is 10.4 Å². The van der Waals surface area contributed by atoms with Crippen molar-refractivity contribution < 1.29 is 5.11 Å². The van der Waals surface area contributed by atoms with E-state index in [1.165, 1.54) is 10.8 Å². The van der Waals surface area contributed by atoms with Gasteiger partial charge in [0, 0.05) is 37.8 Å². The first-order chi connectivity index (χ1) is 10.7. The zero-order valence-electron chi connectivity index (χ0n) is 14.4. The number of piperazine rings is 1. The van der Waals surface area contributed by atoms with E-state index in [2.05, 4.69) is 48.3 Å². The number of aromatic hydroxyl groups is 1. The zero-order chi connectivity index (χ0) is 15.5. The third kappa shape index (κ3) is 4.54. The first-order valence-electron chi connectivity index (χ1n) is 8.32. The number of hydrogen-bond donors (Lipinski definition) is 2. The summed E-state index contributed by atoms with van der Waals surface area (Å²) in [5, 5.41) is 16.4. The van der Waals surface area contributed by atoms with Gasteiger partial charge in [0.15, 0.2) is 0 Å². The molecule has 3 rings (SSSR count). The smallest absolute Gasteiger partial charge is 0.121 e. The molecule has 0 bridgehead atoms. The second-order valence-corrected chi connectivity index (χ2v) is 6.65. The lowest BCUT2D eigenvalue weighted by Crippen LogP contribution is -2.45. The van der Waals surface area contributed by atoms with Crippen LogP contribution >= 0.6 is 24.8 Å². The largest absolute Gasteiger partial charge is 0.508 e. The van der Waals surface area contributed by atoms with Gasteiger partial charge in [-0.3, -0.25) is 4.90 Å². The third-order valence-corrected chi connectivity index (χ3v) is 4.57. The average Bonchev–Trinajstić information content (AvgIpc) is 2.54. The molecule has 3 nitrogen and oxygen atoms in total. The van der Waals surface area contributed by atoms with Gasteiger partial charge in [0.25, 0.3) is 0 Å². The molecule has 0 radical (unpaired) electrons. The molecule has 5 heteroatoms. The number of hydrogen-bond acceptors (Lipinski definition) is 3. The summed E-state index contributed by atoms with van der Waals surface area (Å²) in [7, 11) is 0. The van der Waals surface area contributed by atoms with Crippen LogP contribution in [-0.2, 0) is 0 Å². The Morgan fingerprint density at radius 3 is 2.38 bits per heavy atom. The number of phenolic OH excluding ortho intramolecular Hbond substituents is 1. The summed E-state index contributed by atoms with van der Waals surface area (Å²) in [5.74, 6) is 1.03. The van der Waals surface area contributed by atoms with Crippen LogP contribution in [0.3, 0.4) is 0 Å². The van der Waals surface area contributed by atoms with Crippen LogP contribution in [-0.4, -0.2) is 36.2 Å². The van der Waals surface area contributed by atoms with Gasteiger partial charge in [-0.1, -0.05) is 44.2 Å². The van der Waals surface area contributed by atoms with Crippen LogP contribution in [0.5, 0.6) is 5.75 Å². The number of halogens is 2. The van der Waals surface area contributed by atoms with Crippen LogP contribution in [0, 0.1) is 5.92 Å². The number of nitrogens with one attached hydrogen (secondary N) is 1. The monoisotopic (exact) mass is 370 g/mol. The van der Waals surface area contributed by atoms with Crippen molar-refractivity contribution in [3.05, 3.63) is 42.0 Å². The van der Waals surface area contributed by atoms with Crippen LogP contribution in [0.25, 0.3) is 10.8 Å². The molecule has 24 heavy (non-hydrogen) atoms. The first kappa shape index (κ1) is 21.0. The summed E-state index contributed by atoms with van der Waals surface area (Å²) in [6.45, 7) is 8.66. The Labute approximate surface area is 157 Å². The second kappa shape index (κ2) is 9.47. The summed E-state index contributed by atoms with van der Waals surface area (Å²) in [5.41, 5.74) is 1.11. The Kier molecular flexibility index (Phi) is 8.31. The molecule has 0 unspecified atom stereocenters. The SMILES string of the molecule is CC(C)C[C@H](c1c(O)ccc2ccccc12)N1CCNCC1.Cl.Cl. The Bertz CT molecular complexity index is 642. The molecule has 2 N–H and O–H groups in total. The summed E-state index contributed by atoms with van der Waals surface area (Å²) < 4.78 is 0. The summed E-state index contributed by atoms with van der Waals surface area (Å²) in [6, 6.07) is 12.5. The molecule has 0 saturated carbocycles. The van der Waals surface area contributed by atoms with Crippen molar-refractivity contribution >= 4 is 35.6 Å². The van der Waals surface area contributed by atoms with Gasteiger partial charge in [-0.05, 0) is 29.2 Å². The van der Waals surface area contributed by atoms with Gasteiger partial charge in [0.05, 0.1) is 0 Å². The minimum atomic E-state index is 0. The predicted molar refractivity (Wildman–Crippen MR) is 107 cm³/mol. The van der Waals surface area contributed by atoms with Crippen LogP contribution in [0.2, 0.25) is 0 Å². The molecule has 1 fully saturated rings. The van der Waals surface area contributed by atoms with Gasteiger partial charge in [-0.25, -0.2) is 0 Å². The lowest BCUT2D eigenvalue weighted by molar-refractivity contribution is 0.153. The van der Waals surface area contributed by atoms with Crippen molar-refractivity contribution in [3.8, 4) is 5.75 Å². The number of nitrogens with zero attached hydrogens (tertiary/aromatic N) is 1. The number of phenols is 1. The van der Waals surface area contributed by atoms with Crippen LogP contribution in [0.15, 0.2) is 36.4 Å². The highest BCUT2D eigenvalue weighted by atomic mass is 35.5. The van der Waals surface area contributed by atoms with Crippen LogP contribution < -0.4 is 5.32 Å².